The molecule has 0 spiro atoms. The van der Waals surface area contributed by atoms with E-state index >= 15 is 0 Å². The Bertz CT molecular complexity index is 838. The quantitative estimate of drug-likeness (QED) is 0.272. The smallest absolute Gasteiger partial charge is 0.373 e. The largest absolute Gasteiger partial charge is 1.00 e. The summed E-state index contributed by atoms with van der Waals surface area (Å²) in [6.07, 6.45) is 3.71. The minimum Gasteiger partial charge on any atom is -1.00 e. The number of nitro groups is 1. The normalized spacial score (nSPS) is 10.8. The van der Waals surface area contributed by atoms with Crippen molar-refractivity contribution in [3.63, 3.8) is 0 Å². The molecular weight excluding hydrogens is 395 g/mol. The Hall–Kier alpha value is -2.22. The number of nitro benzene ring substituents is 1. The van der Waals surface area contributed by atoms with Crippen LogP contribution in [0.3, 0.4) is 0 Å². The lowest BCUT2D eigenvalue weighted by molar-refractivity contribution is -0.651. The Morgan fingerprint density at radius 2 is 1.77 bits per heavy atom. The van der Waals surface area contributed by atoms with Gasteiger partial charge in [-0.05, 0) is 29.8 Å². The first-order chi connectivity index (χ1) is 10.1. The first kappa shape index (κ1) is 16.2. The molecule has 0 aliphatic carbocycles. The van der Waals surface area contributed by atoms with Gasteiger partial charge in [-0.1, -0.05) is 12.1 Å². The van der Waals surface area contributed by atoms with E-state index in [1.165, 1.54) is 12.1 Å². The topological polar surface area (TPSA) is 60.2 Å². The maximum Gasteiger partial charge on any atom is 0.373 e. The van der Waals surface area contributed by atoms with E-state index in [2.05, 4.69) is 0 Å². The third-order valence-corrected chi connectivity index (χ3v) is 3.29. The second kappa shape index (κ2) is 6.69. The number of fused-ring (bicyclic) bond motifs is 1. The highest BCUT2D eigenvalue weighted by atomic mass is 127. The zero-order valence-electron chi connectivity index (χ0n) is 11.8. The number of benzene rings is 2. The van der Waals surface area contributed by atoms with Gasteiger partial charge in [-0.2, -0.15) is 4.57 Å². The predicted octanol–water partition coefficient (Wildman–Crippen LogP) is 0.340. The zero-order chi connectivity index (χ0) is 14.8. The summed E-state index contributed by atoms with van der Waals surface area (Å²) in [7, 11) is 1.93. The maximum atomic E-state index is 10.6. The van der Waals surface area contributed by atoms with Gasteiger partial charge >= 0.3 is 5.89 Å². The van der Waals surface area contributed by atoms with Gasteiger partial charge in [0.25, 0.3) is 11.2 Å². The Morgan fingerprint density at radius 3 is 2.41 bits per heavy atom. The van der Waals surface area contributed by atoms with Crippen molar-refractivity contribution in [2.75, 3.05) is 0 Å². The van der Waals surface area contributed by atoms with Crippen molar-refractivity contribution in [3.8, 4) is 0 Å². The van der Waals surface area contributed by atoms with Gasteiger partial charge in [0, 0.05) is 18.2 Å². The second-order valence-corrected chi connectivity index (χ2v) is 4.65. The van der Waals surface area contributed by atoms with Crippen molar-refractivity contribution in [1.29, 1.82) is 0 Å². The van der Waals surface area contributed by atoms with Crippen molar-refractivity contribution < 1.29 is 37.9 Å². The molecule has 0 amide bonds. The van der Waals surface area contributed by atoms with Crippen LogP contribution in [0.4, 0.5) is 5.69 Å². The first-order valence-electron chi connectivity index (χ1n) is 6.45. The van der Waals surface area contributed by atoms with Crippen LogP contribution in [0, 0.1) is 10.1 Å². The van der Waals surface area contributed by atoms with Crippen LogP contribution >= 0.6 is 0 Å². The molecule has 6 heteroatoms. The average Bonchev–Trinajstić information content (AvgIpc) is 2.82. The minimum atomic E-state index is -0.410. The molecule has 0 atom stereocenters. The van der Waals surface area contributed by atoms with Crippen LogP contribution in [0.2, 0.25) is 0 Å². The molecule has 112 valence electrons. The highest BCUT2D eigenvalue weighted by molar-refractivity contribution is 5.72. The number of nitrogens with zero attached hydrogens (tertiary/aromatic N) is 2. The lowest BCUT2D eigenvalue weighted by atomic mass is 10.2. The fourth-order valence-electron chi connectivity index (χ4n) is 2.14. The lowest BCUT2D eigenvalue weighted by Crippen LogP contribution is -3.00. The van der Waals surface area contributed by atoms with E-state index in [1.54, 1.807) is 12.1 Å². The molecule has 1 heterocycles. The predicted molar refractivity (Wildman–Crippen MR) is 79.4 cm³/mol. The molecule has 0 bridgehead atoms. The molecule has 22 heavy (non-hydrogen) atoms. The van der Waals surface area contributed by atoms with Crippen molar-refractivity contribution in [2.24, 2.45) is 7.05 Å². The molecule has 0 aliphatic rings. The molecule has 0 fully saturated rings. The summed E-state index contributed by atoms with van der Waals surface area (Å²) < 4.78 is 7.71. The Balaban J connectivity index is 0.00000176. The van der Waals surface area contributed by atoms with Gasteiger partial charge in [0.05, 0.1) is 11.0 Å². The molecular formula is C16H13IN2O3. The summed E-state index contributed by atoms with van der Waals surface area (Å²) in [6, 6.07) is 14.2. The lowest BCUT2D eigenvalue weighted by Gasteiger charge is -1.92. The van der Waals surface area contributed by atoms with Crippen LogP contribution in [0.5, 0.6) is 0 Å². The number of hydrogen-bond acceptors (Lipinski definition) is 3. The fourth-order valence-corrected chi connectivity index (χ4v) is 2.14. The molecule has 3 aromatic rings. The highest BCUT2D eigenvalue weighted by Crippen LogP contribution is 2.16. The summed E-state index contributed by atoms with van der Waals surface area (Å²) in [6.45, 7) is 0. The summed E-state index contributed by atoms with van der Waals surface area (Å²) in [4.78, 5) is 10.2. The summed E-state index contributed by atoms with van der Waals surface area (Å²) in [5, 5.41) is 10.6. The maximum absolute atomic E-state index is 10.6. The zero-order valence-corrected chi connectivity index (χ0v) is 13.9. The van der Waals surface area contributed by atoms with E-state index in [0.717, 1.165) is 22.6 Å². The van der Waals surface area contributed by atoms with E-state index in [0.29, 0.717) is 0 Å². The third kappa shape index (κ3) is 3.16. The first-order valence-corrected chi connectivity index (χ1v) is 6.45. The molecule has 0 unspecified atom stereocenters. The van der Waals surface area contributed by atoms with Crippen molar-refractivity contribution in [3.05, 3.63) is 70.1 Å². The number of hydrogen-bond donors (Lipinski definition) is 0. The van der Waals surface area contributed by atoms with Crippen LogP contribution < -0.4 is 28.5 Å². The average molecular weight is 408 g/mol. The Kier molecular flexibility index (Phi) is 4.92. The molecule has 5 nitrogen and oxygen atoms in total. The number of oxazole rings is 1. The van der Waals surface area contributed by atoms with Gasteiger partial charge in [-0.15, -0.1) is 0 Å². The molecule has 0 saturated carbocycles. The van der Waals surface area contributed by atoms with E-state index in [9.17, 15) is 10.1 Å². The molecule has 0 radical (unpaired) electrons. The fraction of sp³-hybridized carbons (Fsp3) is 0.0625. The van der Waals surface area contributed by atoms with E-state index in [4.69, 9.17) is 4.42 Å². The number of aromatic nitrogens is 1. The van der Waals surface area contributed by atoms with Crippen LogP contribution in [0.15, 0.2) is 52.9 Å². The molecule has 1 aromatic heterocycles. The van der Waals surface area contributed by atoms with Crippen LogP contribution in [-0.4, -0.2) is 4.92 Å². The molecule has 3 rings (SSSR count). The van der Waals surface area contributed by atoms with Crippen molar-refractivity contribution in [1.82, 2.24) is 0 Å². The van der Waals surface area contributed by atoms with Gasteiger partial charge in [-0.3, -0.25) is 10.1 Å². The molecule has 2 aromatic carbocycles. The molecule has 0 N–H and O–H groups in total. The van der Waals surface area contributed by atoms with Crippen molar-refractivity contribution in [2.45, 2.75) is 0 Å². The standard InChI is InChI=1S/C16H13N2O3.HI/c1-17-14-4-2-3-5-15(14)21-16(17)11-8-12-6-9-13(10-7-12)18(19)20;/h2-11H,1H3;1H/q+1;/p-1/b11-8+;. The Labute approximate surface area is 144 Å². The van der Waals surface area contributed by atoms with Gasteiger partial charge in [0.15, 0.2) is 0 Å². The SMILES string of the molecule is C[n+]1c(/C=C/c2ccc([N+](=O)[O-])cc2)oc2ccccc21.[I-]. The number of rotatable bonds is 3. The minimum absolute atomic E-state index is 0. The number of aryl methyl sites for hydroxylation is 1. The van der Waals surface area contributed by atoms with E-state index < -0.39 is 4.92 Å². The monoisotopic (exact) mass is 408 g/mol. The number of non-ortho nitro benzene ring substituents is 1. The summed E-state index contributed by atoms with van der Waals surface area (Å²) in [5.41, 5.74) is 2.80. The van der Waals surface area contributed by atoms with Crippen molar-refractivity contribution >= 4 is 28.9 Å². The molecule has 0 saturated heterocycles. The van der Waals surface area contributed by atoms with E-state index in [1.807, 2.05) is 48.0 Å². The molecule has 0 aliphatic heterocycles. The second-order valence-electron chi connectivity index (χ2n) is 4.65. The summed E-state index contributed by atoms with van der Waals surface area (Å²) in [5.74, 6) is 0.717. The van der Waals surface area contributed by atoms with Gasteiger partial charge < -0.3 is 28.4 Å². The van der Waals surface area contributed by atoms with Gasteiger partial charge in [0.2, 0.25) is 5.58 Å². The summed E-state index contributed by atoms with van der Waals surface area (Å²) >= 11 is 0. The number of halogens is 1. The third-order valence-electron chi connectivity index (χ3n) is 3.29. The van der Waals surface area contributed by atoms with Gasteiger partial charge in [-0.25, -0.2) is 0 Å². The van der Waals surface area contributed by atoms with Crippen LogP contribution in [-0.2, 0) is 7.05 Å². The Morgan fingerprint density at radius 1 is 1.09 bits per heavy atom. The van der Waals surface area contributed by atoms with Gasteiger partial charge in [0.1, 0.15) is 7.05 Å². The number of para-hydroxylation sites is 2. The van der Waals surface area contributed by atoms with E-state index in [-0.39, 0.29) is 29.7 Å². The van der Waals surface area contributed by atoms with Crippen LogP contribution in [0.25, 0.3) is 23.3 Å². The highest BCUT2D eigenvalue weighted by Gasteiger charge is 2.15. The van der Waals surface area contributed by atoms with Crippen LogP contribution in [0.1, 0.15) is 11.5 Å².